The number of Topliss-reactive ketones (excluding diaryl/α,β-unsaturated/α-hetero) is 1. The average molecular weight is 235 g/mol. The molecule has 1 aromatic carbocycles. The van der Waals surface area contributed by atoms with E-state index >= 15 is 0 Å². The molecule has 2 unspecified atom stereocenters. The molecule has 0 bridgehead atoms. The molecule has 4 heteroatoms. The van der Waals surface area contributed by atoms with Crippen molar-refractivity contribution in [3.8, 4) is 0 Å². The second-order valence-electron chi connectivity index (χ2n) is 2.90. The van der Waals surface area contributed by atoms with Gasteiger partial charge in [0.25, 0.3) is 0 Å². The van der Waals surface area contributed by atoms with Gasteiger partial charge < -0.3 is 0 Å². The van der Waals surface area contributed by atoms with Gasteiger partial charge in [0, 0.05) is 10.6 Å². The average Bonchev–Trinajstić information content (AvgIpc) is 2.32. The molecule has 0 saturated heterocycles. The minimum absolute atomic E-state index is 0.117. The van der Waals surface area contributed by atoms with Crippen LogP contribution in [0.2, 0.25) is 5.02 Å². The molecule has 0 spiro atoms. The number of hydrogen-bond donors (Lipinski definition) is 0. The molecule has 0 aromatic heterocycles. The number of benzene rings is 1. The van der Waals surface area contributed by atoms with Crippen LogP contribution in [0.25, 0.3) is 0 Å². The van der Waals surface area contributed by atoms with Gasteiger partial charge in [-0.2, -0.15) is 0 Å². The van der Waals surface area contributed by atoms with Crippen molar-refractivity contribution in [1.29, 1.82) is 0 Å². The van der Waals surface area contributed by atoms with Gasteiger partial charge in [-0.3, -0.25) is 4.79 Å². The van der Waals surface area contributed by atoms with Crippen molar-refractivity contribution in [1.82, 2.24) is 0 Å². The van der Waals surface area contributed by atoms with Crippen LogP contribution < -0.4 is 0 Å². The summed E-state index contributed by atoms with van der Waals surface area (Å²) in [4.78, 5) is 11.5. The zero-order valence-electron chi connectivity index (χ0n) is 6.43. The zero-order valence-corrected chi connectivity index (χ0v) is 8.70. The third-order valence-electron chi connectivity index (χ3n) is 2.08. The highest BCUT2D eigenvalue weighted by atomic mass is 35.5. The maximum Gasteiger partial charge on any atom is 0.182 e. The van der Waals surface area contributed by atoms with Crippen LogP contribution in [-0.2, 0) is 0 Å². The lowest BCUT2D eigenvalue weighted by Gasteiger charge is -2.03. The van der Waals surface area contributed by atoms with E-state index in [0.29, 0.717) is 10.6 Å². The predicted molar refractivity (Wildman–Crippen MR) is 54.0 cm³/mol. The molecule has 0 heterocycles. The quantitative estimate of drug-likeness (QED) is 0.630. The Morgan fingerprint density at radius 2 is 1.85 bits per heavy atom. The smallest absolute Gasteiger partial charge is 0.182 e. The largest absolute Gasteiger partial charge is 0.292 e. The standard InChI is InChI=1S/C9H5Cl3O/c10-4-1-2-5-6(3-4)7(11)8(12)9(5)13/h1-3,7-8H. The summed E-state index contributed by atoms with van der Waals surface area (Å²) in [7, 11) is 0. The van der Waals surface area contributed by atoms with Gasteiger partial charge >= 0.3 is 0 Å². The van der Waals surface area contributed by atoms with Crippen molar-refractivity contribution in [2.45, 2.75) is 10.8 Å². The molecular weight excluding hydrogens is 230 g/mol. The van der Waals surface area contributed by atoms with Gasteiger partial charge in [-0.25, -0.2) is 0 Å². The highest BCUT2D eigenvalue weighted by Gasteiger charge is 2.37. The molecule has 0 fully saturated rings. The van der Waals surface area contributed by atoms with E-state index in [2.05, 4.69) is 0 Å². The van der Waals surface area contributed by atoms with E-state index in [-0.39, 0.29) is 5.78 Å². The van der Waals surface area contributed by atoms with Crippen molar-refractivity contribution in [3.05, 3.63) is 34.3 Å². The Labute approximate surface area is 90.6 Å². The lowest BCUT2D eigenvalue weighted by atomic mass is 10.1. The highest BCUT2D eigenvalue weighted by molar-refractivity contribution is 6.42. The van der Waals surface area contributed by atoms with Crippen LogP contribution in [0.15, 0.2) is 18.2 Å². The molecule has 1 aromatic rings. The van der Waals surface area contributed by atoms with Crippen molar-refractivity contribution < 1.29 is 4.79 Å². The molecule has 2 rings (SSSR count). The molecular formula is C9H5Cl3O. The molecule has 13 heavy (non-hydrogen) atoms. The first kappa shape index (κ1) is 9.32. The third-order valence-corrected chi connectivity index (χ3v) is 3.38. The SMILES string of the molecule is O=C1c2ccc(Cl)cc2C(Cl)C1Cl. The normalized spacial score (nSPS) is 26.2. The summed E-state index contributed by atoms with van der Waals surface area (Å²) in [5, 5.41) is -0.541. The molecule has 0 aliphatic heterocycles. The van der Waals surface area contributed by atoms with E-state index < -0.39 is 10.8 Å². The maximum absolute atomic E-state index is 11.5. The predicted octanol–water partition coefficient (Wildman–Crippen LogP) is 3.42. The first-order valence-electron chi connectivity index (χ1n) is 3.73. The fraction of sp³-hybridized carbons (Fsp3) is 0.222. The summed E-state index contributed by atoms with van der Waals surface area (Å²) >= 11 is 17.5. The summed E-state index contributed by atoms with van der Waals surface area (Å²) in [5.41, 5.74) is 1.32. The van der Waals surface area contributed by atoms with Crippen LogP contribution in [0.1, 0.15) is 21.3 Å². The van der Waals surface area contributed by atoms with E-state index in [0.717, 1.165) is 5.56 Å². The van der Waals surface area contributed by atoms with E-state index in [1.807, 2.05) is 0 Å². The van der Waals surface area contributed by atoms with E-state index in [1.165, 1.54) is 0 Å². The van der Waals surface area contributed by atoms with Crippen LogP contribution in [0.4, 0.5) is 0 Å². The summed E-state index contributed by atoms with van der Waals surface area (Å²) in [6, 6.07) is 5.02. The number of alkyl halides is 2. The topological polar surface area (TPSA) is 17.1 Å². The molecule has 0 saturated carbocycles. The molecule has 2 atom stereocenters. The van der Waals surface area contributed by atoms with Crippen LogP contribution in [0.5, 0.6) is 0 Å². The Balaban J connectivity index is 2.60. The van der Waals surface area contributed by atoms with Crippen molar-refractivity contribution in [2.75, 3.05) is 0 Å². The number of halogens is 3. The number of fused-ring (bicyclic) bond motifs is 1. The highest BCUT2D eigenvalue weighted by Crippen LogP contribution is 2.40. The molecule has 68 valence electrons. The Morgan fingerprint density at radius 1 is 1.15 bits per heavy atom. The van der Waals surface area contributed by atoms with Crippen LogP contribution in [-0.4, -0.2) is 11.2 Å². The van der Waals surface area contributed by atoms with Gasteiger partial charge in [-0.15, -0.1) is 23.2 Å². The Morgan fingerprint density at radius 3 is 2.54 bits per heavy atom. The minimum atomic E-state index is -0.657. The minimum Gasteiger partial charge on any atom is -0.292 e. The molecule has 0 N–H and O–H groups in total. The molecule has 1 aliphatic rings. The van der Waals surface area contributed by atoms with Gasteiger partial charge in [0.2, 0.25) is 0 Å². The first-order chi connectivity index (χ1) is 6.11. The fourth-order valence-electron chi connectivity index (χ4n) is 1.43. The second kappa shape index (κ2) is 3.16. The summed E-state index contributed by atoms with van der Waals surface area (Å²) in [6.45, 7) is 0. The molecule has 1 nitrogen and oxygen atoms in total. The first-order valence-corrected chi connectivity index (χ1v) is 4.98. The van der Waals surface area contributed by atoms with Gasteiger partial charge in [0.15, 0.2) is 5.78 Å². The second-order valence-corrected chi connectivity index (χ2v) is 4.28. The van der Waals surface area contributed by atoms with Crippen molar-refractivity contribution in [3.63, 3.8) is 0 Å². The van der Waals surface area contributed by atoms with Gasteiger partial charge in [0.05, 0.1) is 5.38 Å². The lowest BCUT2D eigenvalue weighted by Crippen LogP contribution is -2.08. The zero-order chi connectivity index (χ0) is 9.59. The Bertz CT molecular complexity index is 375. The lowest BCUT2D eigenvalue weighted by molar-refractivity contribution is 0.0997. The van der Waals surface area contributed by atoms with E-state index in [4.69, 9.17) is 34.8 Å². The molecule has 1 aliphatic carbocycles. The monoisotopic (exact) mass is 234 g/mol. The number of carbonyl (C=O) groups is 1. The third kappa shape index (κ3) is 1.35. The van der Waals surface area contributed by atoms with Gasteiger partial charge in [0.1, 0.15) is 5.38 Å². The van der Waals surface area contributed by atoms with Crippen molar-refractivity contribution in [2.24, 2.45) is 0 Å². The number of rotatable bonds is 0. The maximum atomic E-state index is 11.5. The van der Waals surface area contributed by atoms with Gasteiger partial charge in [-0.1, -0.05) is 11.6 Å². The number of hydrogen-bond acceptors (Lipinski definition) is 1. The number of ketones is 1. The van der Waals surface area contributed by atoms with Gasteiger partial charge in [-0.05, 0) is 23.8 Å². The Kier molecular flexibility index (Phi) is 2.26. The Hall–Kier alpha value is -0.240. The fourth-order valence-corrected chi connectivity index (χ4v) is 2.15. The van der Waals surface area contributed by atoms with E-state index in [1.54, 1.807) is 18.2 Å². The molecule has 0 radical (unpaired) electrons. The van der Waals surface area contributed by atoms with Crippen LogP contribution in [0, 0.1) is 0 Å². The number of carbonyl (C=O) groups excluding carboxylic acids is 1. The summed E-state index contributed by atoms with van der Waals surface area (Å²) in [6.07, 6.45) is 0. The summed E-state index contributed by atoms with van der Waals surface area (Å²) in [5.74, 6) is -0.117. The summed E-state index contributed by atoms with van der Waals surface area (Å²) < 4.78 is 0. The van der Waals surface area contributed by atoms with Crippen LogP contribution in [0.3, 0.4) is 0 Å². The van der Waals surface area contributed by atoms with Crippen LogP contribution >= 0.6 is 34.8 Å². The van der Waals surface area contributed by atoms with E-state index in [9.17, 15) is 4.79 Å². The molecule has 0 amide bonds. The van der Waals surface area contributed by atoms with Crippen molar-refractivity contribution >= 4 is 40.6 Å².